The van der Waals surface area contributed by atoms with Crippen molar-refractivity contribution in [3.05, 3.63) is 71.8 Å². The molecule has 1 N–H and O–H groups in total. The SMILES string of the molecule is C=C1c2ccccc2C(=O)N1CCC(=O)Nc1ccccc1CN(C)C(C)=O. The topological polar surface area (TPSA) is 69.7 Å². The number of carbonyl (C=O) groups is 3. The molecule has 3 rings (SSSR count). The molecule has 144 valence electrons. The van der Waals surface area contributed by atoms with E-state index in [1.807, 2.05) is 36.4 Å². The van der Waals surface area contributed by atoms with Gasteiger partial charge in [-0.25, -0.2) is 0 Å². The van der Waals surface area contributed by atoms with Crippen LogP contribution < -0.4 is 5.32 Å². The zero-order valence-corrected chi connectivity index (χ0v) is 16.1. The lowest BCUT2D eigenvalue weighted by molar-refractivity contribution is -0.128. The molecule has 0 saturated carbocycles. The number of carbonyl (C=O) groups excluding carboxylic acids is 3. The molecule has 0 saturated heterocycles. The Morgan fingerprint density at radius 3 is 2.39 bits per heavy atom. The molecule has 0 spiro atoms. The molecule has 2 aromatic rings. The molecule has 0 atom stereocenters. The Morgan fingerprint density at radius 2 is 1.71 bits per heavy atom. The van der Waals surface area contributed by atoms with Gasteiger partial charge in [0.2, 0.25) is 11.8 Å². The molecule has 6 heteroatoms. The zero-order valence-electron chi connectivity index (χ0n) is 16.1. The maximum atomic E-state index is 12.5. The van der Waals surface area contributed by atoms with E-state index in [-0.39, 0.29) is 30.7 Å². The van der Waals surface area contributed by atoms with Crippen molar-refractivity contribution in [3.63, 3.8) is 0 Å². The van der Waals surface area contributed by atoms with Gasteiger partial charge < -0.3 is 15.1 Å². The fourth-order valence-electron chi connectivity index (χ4n) is 3.14. The average molecular weight is 377 g/mol. The van der Waals surface area contributed by atoms with Crippen molar-refractivity contribution in [2.75, 3.05) is 18.9 Å². The second-order valence-electron chi connectivity index (χ2n) is 6.78. The van der Waals surface area contributed by atoms with Crippen molar-refractivity contribution in [1.29, 1.82) is 0 Å². The summed E-state index contributed by atoms with van der Waals surface area (Å²) in [6, 6.07) is 14.7. The quantitative estimate of drug-likeness (QED) is 0.841. The first kappa shape index (κ1) is 19.4. The van der Waals surface area contributed by atoms with E-state index in [0.717, 1.165) is 11.1 Å². The van der Waals surface area contributed by atoms with Crippen LogP contribution >= 0.6 is 0 Å². The third-order valence-electron chi connectivity index (χ3n) is 4.84. The molecule has 1 heterocycles. The summed E-state index contributed by atoms with van der Waals surface area (Å²) in [7, 11) is 1.71. The highest BCUT2D eigenvalue weighted by atomic mass is 16.2. The minimum atomic E-state index is -0.200. The number of amides is 3. The lowest BCUT2D eigenvalue weighted by Crippen LogP contribution is -2.28. The number of rotatable bonds is 6. The number of hydrogen-bond acceptors (Lipinski definition) is 3. The Kier molecular flexibility index (Phi) is 5.59. The second-order valence-corrected chi connectivity index (χ2v) is 6.78. The van der Waals surface area contributed by atoms with E-state index in [1.165, 1.54) is 6.92 Å². The Balaban J connectivity index is 1.62. The van der Waals surface area contributed by atoms with Crippen LogP contribution in [0.5, 0.6) is 0 Å². The Hall–Kier alpha value is -3.41. The first-order valence-electron chi connectivity index (χ1n) is 9.08. The van der Waals surface area contributed by atoms with Crippen LogP contribution in [0.25, 0.3) is 5.70 Å². The zero-order chi connectivity index (χ0) is 20.3. The van der Waals surface area contributed by atoms with Crippen LogP contribution in [-0.4, -0.2) is 41.1 Å². The Bertz CT molecular complexity index is 917. The molecule has 1 aliphatic rings. The standard InChI is InChI=1S/C22H23N3O3/c1-15-18-9-5-6-10-19(18)22(28)25(15)13-12-21(27)23-20-11-7-4-8-17(20)14-24(3)16(2)26/h4-11H,1,12-14H2,2-3H3,(H,23,27). The highest BCUT2D eigenvalue weighted by molar-refractivity contribution is 6.09. The molecular formula is C22H23N3O3. The van der Waals surface area contributed by atoms with Gasteiger partial charge >= 0.3 is 0 Å². The predicted octanol–water partition coefficient (Wildman–Crippen LogP) is 3.12. The summed E-state index contributed by atoms with van der Waals surface area (Å²) in [5.41, 5.74) is 3.56. The fraction of sp³-hybridized carbons (Fsp3) is 0.227. The summed E-state index contributed by atoms with van der Waals surface area (Å²) in [6.45, 7) is 6.15. The van der Waals surface area contributed by atoms with E-state index in [1.54, 1.807) is 29.0 Å². The van der Waals surface area contributed by atoms with E-state index in [0.29, 0.717) is 23.5 Å². The number of anilines is 1. The number of para-hydroxylation sites is 1. The molecule has 1 aliphatic heterocycles. The molecule has 28 heavy (non-hydrogen) atoms. The van der Waals surface area contributed by atoms with Gasteiger partial charge in [0, 0.05) is 56.0 Å². The third kappa shape index (κ3) is 3.96. The molecule has 2 aromatic carbocycles. The molecule has 0 bridgehead atoms. The van der Waals surface area contributed by atoms with Gasteiger partial charge in [-0.05, 0) is 17.7 Å². The van der Waals surface area contributed by atoms with Crippen molar-refractivity contribution in [2.45, 2.75) is 19.9 Å². The number of fused-ring (bicyclic) bond motifs is 1. The predicted molar refractivity (Wildman–Crippen MR) is 108 cm³/mol. The van der Waals surface area contributed by atoms with E-state index >= 15 is 0 Å². The lowest BCUT2D eigenvalue weighted by Gasteiger charge is -2.19. The van der Waals surface area contributed by atoms with Crippen molar-refractivity contribution < 1.29 is 14.4 Å². The van der Waals surface area contributed by atoms with Gasteiger partial charge in [-0.1, -0.05) is 43.0 Å². The summed E-state index contributed by atoms with van der Waals surface area (Å²) in [4.78, 5) is 39.6. The van der Waals surface area contributed by atoms with Crippen LogP contribution in [0, 0.1) is 0 Å². The molecule has 0 aliphatic carbocycles. The van der Waals surface area contributed by atoms with Gasteiger partial charge in [0.1, 0.15) is 0 Å². The number of nitrogens with one attached hydrogen (secondary N) is 1. The van der Waals surface area contributed by atoms with E-state index < -0.39 is 0 Å². The smallest absolute Gasteiger partial charge is 0.258 e. The minimum Gasteiger partial charge on any atom is -0.342 e. The monoisotopic (exact) mass is 377 g/mol. The molecule has 0 aromatic heterocycles. The first-order valence-corrected chi connectivity index (χ1v) is 9.08. The maximum Gasteiger partial charge on any atom is 0.258 e. The second kappa shape index (κ2) is 8.08. The van der Waals surface area contributed by atoms with Crippen LogP contribution in [0.15, 0.2) is 55.1 Å². The van der Waals surface area contributed by atoms with Crippen molar-refractivity contribution in [1.82, 2.24) is 9.80 Å². The highest BCUT2D eigenvalue weighted by Gasteiger charge is 2.30. The van der Waals surface area contributed by atoms with Gasteiger partial charge in [-0.15, -0.1) is 0 Å². The summed E-state index contributed by atoms with van der Waals surface area (Å²) in [5.74, 6) is -0.377. The summed E-state index contributed by atoms with van der Waals surface area (Å²) in [5, 5.41) is 2.89. The Labute approximate surface area is 164 Å². The summed E-state index contributed by atoms with van der Waals surface area (Å²) < 4.78 is 0. The van der Waals surface area contributed by atoms with Crippen molar-refractivity contribution in [2.24, 2.45) is 0 Å². The van der Waals surface area contributed by atoms with Crippen LogP contribution in [0.4, 0.5) is 5.69 Å². The molecule has 6 nitrogen and oxygen atoms in total. The number of nitrogens with zero attached hydrogens (tertiary/aromatic N) is 2. The van der Waals surface area contributed by atoms with E-state index in [4.69, 9.17) is 0 Å². The van der Waals surface area contributed by atoms with Crippen LogP contribution in [0.3, 0.4) is 0 Å². The van der Waals surface area contributed by atoms with Gasteiger partial charge in [0.25, 0.3) is 5.91 Å². The van der Waals surface area contributed by atoms with Gasteiger partial charge in [-0.2, -0.15) is 0 Å². The highest BCUT2D eigenvalue weighted by Crippen LogP contribution is 2.31. The minimum absolute atomic E-state index is 0.0493. The molecule has 3 amide bonds. The van der Waals surface area contributed by atoms with Crippen molar-refractivity contribution in [3.8, 4) is 0 Å². The third-order valence-corrected chi connectivity index (χ3v) is 4.84. The molecule has 0 radical (unpaired) electrons. The van der Waals surface area contributed by atoms with Crippen molar-refractivity contribution >= 4 is 29.1 Å². The summed E-state index contributed by atoms with van der Waals surface area (Å²) in [6.07, 6.45) is 0.148. The van der Waals surface area contributed by atoms with Crippen LogP contribution in [-0.2, 0) is 16.1 Å². The van der Waals surface area contributed by atoms with E-state index in [2.05, 4.69) is 11.9 Å². The number of benzene rings is 2. The van der Waals surface area contributed by atoms with Gasteiger partial charge in [-0.3, -0.25) is 14.4 Å². The largest absolute Gasteiger partial charge is 0.342 e. The van der Waals surface area contributed by atoms with E-state index in [9.17, 15) is 14.4 Å². The normalized spacial score (nSPS) is 12.7. The molecule has 0 unspecified atom stereocenters. The summed E-state index contributed by atoms with van der Waals surface area (Å²) >= 11 is 0. The average Bonchev–Trinajstić information content (AvgIpc) is 2.92. The lowest BCUT2D eigenvalue weighted by atomic mass is 10.1. The molecule has 0 fully saturated rings. The maximum absolute atomic E-state index is 12.5. The molecular weight excluding hydrogens is 354 g/mol. The Morgan fingerprint density at radius 1 is 1.07 bits per heavy atom. The first-order chi connectivity index (χ1) is 13.4. The van der Waals surface area contributed by atoms with Crippen LogP contribution in [0.2, 0.25) is 0 Å². The van der Waals surface area contributed by atoms with Crippen LogP contribution in [0.1, 0.15) is 34.8 Å². The number of hydrogen-bond donors (Lipinski definition) is 1. The van der Waals surface area contributed by atoms with Gasteiger partial charge in [0.15, 0.2) is 0 Å². The van der Waals surface area contributed by atoms with Gasteiger partial charge in [0.05, 0.1) is 0 Å². The fourth-order valence-corrected chi connectivity index (χ4v) is 3.14.